The Bertz CT molecular complexity index is 1170. The fourth-order valence-electron chi connectivity index (χ4n) is 8.81. The van der Waals surface area contributed by atoms with Gasteiger partial charge in [-0.2, -0.15) is 4.98 Å². The third-order valence-electron chi connectivity index (χ3n) is 10.4. The van der Waals surface area contributed by atoms with Gasteiger partial charge in [0.25, 0.3) is 0 Å². The number of rotatable bonds is 2. The molecule has 1 N–H and O–H groups in total. The van der Waals surface area contributed by atoms with E-state index in [2.05, 4.69) is 35.9 Å². The van der Waals surface area contributed by atoms with Gasteiger partial charge in [-0.3, -0.25) is 4.79 Å². The number of nitrogens with one attached hydrogen (secondary N) is 1. The SMILES string of the molecule is CC(=O)O[C@H]1CC[C@@]2(C)[C@@H](CC[C@@H]3[C@@H]2CC[C@]2(C)c4[nH]c(=O)nc(-c5ccccc5)c4C[C@@H]32)C1. The van der Waals surface area contributed by atoms with Crippen LogP contribution in [0.1, 0.15) is 77.0 Å². The normalized spacial score (nSPS) is 38.3. The smallest absolute Gasteiger partial charge is 0.345 e. The standard InChI is InChI=1S/C29H36N2O3/c1-17(32)34-20-11-13-28(2)19(15-20)9-10-21-23(28)12-14-29(3)24(21)16-22-25(18-7-5-4-6-8-18)30-27(33)31-26(22)29/h4-8,19-21,23-24H,9-16H2,1-3H3,(H,30,31,33)/t19-,20-,21+,23-,24-,28-,29-/m0/s1. The summed E-state index contributed by atoms with van der Waals surface area (Å²) in [6, 6.07) is 10.2. The molecule has 4 aliphatic carbocycles. The Morgan fingerprint density at radius 1 is 1.06 bits per heavy atom. The highest BCUT2D eigenvalue weighted by atomic mass is 16.5. The number of carbonyl (C=O) groups excluding carboxylic acids is 1. The van der Waals surface area contributed by atoms with Gasteiger partial charge in [0.1, 0.15) is 6.10 Å². The molecule has 0 saturated heterocycles. The number of hydrogen-bond acceptors (Lipinski definition) is 4. The van der Waals surface area contributed by atoms with Crippen molar-refractivity contribution in [2.45, 2.75) is 83.7 Å². The van der Waals surface area contributed by atoms with E-state index >= 15 is 0 Å². The summed E-state index contributed by atoms with van der Waals surface area (Å²) in [5.74, 6) is 2.42. The van der Waals surface area contributed by atoms with Gasteiger partial charge in [0.15, 0.2) is 0 Å². The molecule has 0 aliphatic heterocycles. The molecule has 0 bridgehead atoms. The Morgan fingerprint density at radius 3 is 2.62 bits per heavy atom. The third-order valence-corrected chi connectivity index (χ3v) is 10.4. The van der Waals surface area contributed by atoms with Gasteiger partial charge in [0.05, 0.1) is 5.69 Å². The lowest BCUT2D eigenvalue weighted by Gasteiger charge is -2.60. The van der Waals surface area contributed by atoms with Crippen molar-refractivity contribution >= 4 is 5.97 Å². The van der Waals surface area contributed by atoms with Crippen LogP contribution in [0.3, 0.4) is 0 Å². The molecule has 180 valence electrons. The number of aromatic amines is 1. The van der Waals surface area contributed by atoms with Gasteiger partial charge in [-0.1, -0.05) is 44.2 Å². The van der Waals surface area contributed by atoms with Crippen molar-refractivity contribution in [2.75, 3.05) is 0 Å². The number of nitrogens with zero attached hydrogens (tertiary/aromatic N) is 1. The van der Waals surface area contributed by atoms with E-state index in [1.165, 1.54) is 31.7 Å². The molecule has 1 aromatic carbocycles. The Labute approximate surface area is 201 Å². The Balaban J connectivity index is 1.33. The minimum Gasteiger partial charge on any atom is -0.463 e. The first-order valence-corrected chi connectivity index (χ1v) is 13.2. The molecule has 7 atom stereocenters. The summed E-state index contributed by atoms with van der Waals surface area (Å²) in [5.41, 5.74) is 4.46. The molecule has 6 rings (SSSR count). The van der Waals surface area contributed by atoms with E-state index in [1.807, 2.05) is 18.2 Å². The Hall–Kier alpha value is -2.43. The lowest BCUT2D eigenvalue weighted by molar-refractivity contribution is -0.157. The highest BCUT2D eigenvalue weighted by Gasteiger charge is 2.60. The number of aromatic nitrogens is 2. The van der Waals surface area contributed by atoms with Crippen LogP contribution in [0.15, 0.2) is 35.1 Å². The van der Waals surface area contributed by atoms with Crippen LogP contribution in [0.4, 0.5) is 0 Å². The van der Waals surface area contributed by atoms with Crippen LogP contribution >= 0.6 is 0 Å². The predicted molar refractivity (Wildman–Crippen MR) is 131 cm³/mol. The van der Waals surface area contributed by atoms with E-state index in [-0.39, 0.29) is 23.2 Å². The van der Waals surface area contributed by atoms with Crippen molar-refractivity contribution in [3.63, 3.8) is 0 Å². The van der Waals surface area contributed by atoms with E-state index < -0.39 is 0 Å². The number of H-pyrrole nitrogens is 1. The van der Waals surface area contributed by atoms with E-state index in [0.717, 1.165) is 49.1 Å². The van der Waals surface area contributed by atoms with Gasteiger partial charge < -0.3 is 9.72 Å². The summed E-state index contributed by atoms with van der Waals surface area (Å²) in [5, 5.41) is 0. The molecular formula is C29H36N2O3. The molecule has 1 aromatic heterocycles. The molecule has 34 heavy (non-hydrogen) atoms. The molecule has 5 nitrogen and oxygen atoms in total. The topological polar surface area (TPSA) is 72.1 Å². The predicted octanol–water partition coefficient (Wildman–Crippen LogP) is 5.43. The molecule has 3 saturated carbocycles. The van der Waals surface area contributed by atoms with Gasteiger partial charge in [0.2, 0.25) is 0 Å². The molecule has 2 aromatic rings. The van der Waals surface area contributed by atoms with Crippen molar-refractivity contribution in [2.24, 2.45) is 29.1 Å². The van der Waals surface area contributed by atoms with Crippen molar-refractivity contribution in [3.05, 3.63) is 52.1 Å². The summed E-state index contributed by atoms with van der Waals surface area (Å²) >= 11 is 0. The second kappa shape index (κ2) is 7.79. The van der Waals surface area contributed by atoms with E-state index in [4.69, 9.17) is 4.74 Å². The molecule has 0 amide bonds. The molecule has 4 aliphatic rings. The lowest BCUT2D eigenvalue weighted by atomic mass is 9.45. The molecular weight excluding hydrogens is 424 g/mol. The molecule has 3 fully saturated rings. The van der Waals surface area contributed by atoms with Crippen LogP contribution in [0.2, 0.25) is 0 Å². The number of carbonyl (C=O) groups is 1. The Morgan fingerprint density at radius 2 is 1.85 bits per heavy atom. The average molecular weight is 461 g/mol. The molecule has 0 radical (unpaired) electrons. The average Bonchev–Trinajstić information content (AvgIpc) is 3.11. The number of hydrogen-bond donors (Lipinski definition) is 1. The van der Waals surface area contributed by atoms with Crippen LogP contribution in [0, 0.1) is 29.1 Å². The second-order valence-corrected chi connectivity index (χ2v) is 11.9. The minimum atomic E-state index is -0.221. The zero-order valence-corrected chi connectivity index (χ0v) is 20.6. The Kier molecular flexibility index (Phi) is 5.06. The van der Waals surface area contributed by atoms with Gasteiger partial charge in [-0.15, -0.1) is 0 Å². The summed E-state index contributed by atoms with van der Waals surface area (Å²) in [4.78, 5) is 31.9. The second-order valence-electron chi connectivity index (χ2n) is 11.9. The number of fused-ring (bicyclic) bond motifs is 7. The van der Waals surface area contributed by atoms with E-state index in [1.54, 1.807) is 0 Å². The third kappa shape index (κ3) is 3.22. The first kappa shape index (κ1) is 22.1. The van der Waals surface area contributed by atoms with Crippen LogP contribution in [-0.4, -0.2) is 22.0 Å². The van der Waals surface area contributed by atoms with Gasteiger partial charge in [0, 0.05) is 23.6 Å². The molecule has 5 heteroatoms. The highest BCUT2D eigenvalue weighted by molar-refractivity contribution is 5.66. The van der Waals surface area contributed by atoms with Crippen molar-refractivity contribution in [1.29, 1.82) is 0 Å². The van der Waals surface area contributed by atoms with Crippen molar-refractivity contribution in [3.8, 4) is 11.3 Å². The number of ether oxygens (including phenoxy) is 1. The van der Waals surface area contributed by atoms with Crippen LogP contribution in [-0.2, 0) is 21.4 Å². The maximum Gasteiger partial charge on any atom is 0.345 e. The largest absolute Gasteiger partial charge is 0.463 e. The minimum absolute atomic E-state index is 0.0142. The fourth-order valence-corrected chi connectivity index (χ4v) is 8.81. The van der Waals surface area contributed by atoms with Gasteiger partial charge >= 0.3 is 11.7 Å². The number of benzene rings is 1. The van der Waals surface area contributed by atoms with Crippen LogP contribution in [0.25, 0.3) is 11.3 Å². The highest BCUT2D eigenvalue weighted by Crippen LogP contribution is 2.65. The lowest BCUT2D eigenvalue weighted by Crippen LogP contribution is -2.54. The molecule has 0 unspecified atom stereocenters. The zero-order valence-electron chi connectivity index (χ0n) is 20.6. The quantitative estimate of drug-likeness (QED) is 0.607. The fraction of sp³-hybridized carbons (Fsp3) is 0.621. The van der Waals surface area contributed by atoms with Gasteiger partial charge in [-0.05, 0) is 86.0 Å². The van der Waals surface area contributed by atoms with E-state index in [9.17, 15) is 9.59 Å². The van der Waals surface area contributed by atoms with Crippen molar-refractivity contribution < 1.29 is 9.53 Å². The van der Waals surface area contributed by atoms with E-state index in [0.29, 0.717) is 29.1 Å². The van der Waals surface area contributed by atoms with Crippen molar-refractivity contribution in [1.82, 2.24) is 9.97 Å². The first-order chi connectivity index (χ1) is 16.3. The summed E-state index contributed by atoms with van der Waals surface area (Å²) < 4.78 is 5.64. The molecule has 1 heterocycles. The van der Waals surface area contributed by atoms with Gasteiger partial charge in [-0.25, -0.2) is 4.79 Å². The maximum atomic E-state index is 12.7. The summed E-state index contributed by atoms with van der Waals surface area (Å²) in [7, 11) is 0. The monoisotopic (exact) mass is 460 g/mol. The number of esters is 1. The van der Waals surface area contributed by atoms with Crippen LogP contribution < -0.4 is 5.69 Å². The summed E-state index contributed by atoms with van der Waals surface area (Å²) in [6.45, 7) is 6.46. The zero-order chi connectivity index (χ0) is 23.7. The van der Waals surface area contributed by atoms with Crippen LogP contribution in [0.5, 0.6) is 0 Å². The maximum absolute atomic E-state index is 12.7. The summed E-state index contributed by atoms with van der Waals surface area (Å²) in [6.07, 6.45) is 9.08. The first-order valence-electron chi connectivity index (χ1n) is 13.2. The molecule has 0 spiro atoms.